The first kappa shape index (κ1) is 13.1. The van der Waals surface area contributed by atoms with Gasteiger partial charge < -0.3 is 4.74 Å². The van der Waals surface area contributed by atoms with E-state index in [9.17, 15) is 14.9 Å². The molecule has 0 bridgehead atoms. The van der Waals surface area contributed by atoms with Crippen LogP contribution in [0.5, 0.6) is 0 Å². The van der Waals surface area contributed by atoms with Gasteiger partial charge in [-0.25, -0.2) is 0 Å². The number of nitrogens with zero attached hydrogens (tertiary/aromatic N) is 1. The van der Waals surface area contributed by atoms with E-state index in [2.05, 4.69) is 0 Å². The van der Waals surface area contributed by atoms with Crippen LogP contribution in [0, 0.1) is 16.0 Å². The highest BCUT2D eigenvalue weighted by Crippen LogP contribution is 2.34. The maximum Gasteiger partial charge on any atom is 0.316 e. The van der Waals surface area contributed by atoms with E-state index in [4.69, 9.17) is 27.9 Å². The minimum atomic E-state index is -0.786. The van der Waals surface area contributed by atoms with Gasteiger partial charge in [-0.2, -0.15) is 0 Å². The molecule has 2 atom stereocenters. The van der Waals surface area contributed by atoms with Crippen LogP contribution in [0.3, 0.4) is 0 Å². The second kappa shape index (κ2) is 5.12. The van der Waals surface area contributed by atoms with Gasteiger partial charge in [-0.3, -0.25) is 14.9 Å². The molecule has 1 fully saturated rings. The normalized spacial score (nSPS) is 21.4. The molecular formula is C11H9Cl2NO4. The lowest BCUT2D eigenvalue weighted by Gasteiger charge is -2.04. The predicted molar refractivity (Wildman–Crippen MR) is 65.1 cm³/mol. The Bertz CT molecular complexity index is 506. The molecule has 1 aliphatic carbocycles. The first-order chi connectivity index (χ1) is 8.49. The SMILES string of the molecule is O=C(OCc1ccc(Cl)c(Cl)c1)C1CC1[N+](=O)[O-]. The van der Waals surface area contributed by atoms with Gasteiger partial charge in [0.1, 0.15) is 12.5 Å². The maximum atomic E-state index is 11.5. The molecule has 2 unspecified atom stereocenters. The fourth-order valence-electron chi connectivity index (χ4n) is 1.56. The molecule has 0 amide bonds. The predicted octanol–water partition coefficient (Wildman–Crippen LogP) is 2.70. The molecule has 2 rings (SSSR count). The molecule has 18 heavy (non-hydrogen) atoms. The van der Waals surface area contributed by atoms with Crippen LogP contribution in [0.2, 0.25) is 10.0 Å². The molecule has 0 spiro atoms. The third-order valence-corrected chi connectivity index (χ3v) is 3.43. The smallest absolute Gasteiger partial charge is 0.316 e. The van der Waals surface area contributed by atoms with E-state index in [-0.39, 0.29) is 13.0 Å². The van der Waals surface area contributed by atoms with Crippen molar-refractivity contribution in [3.05, 3.63) is 43.9 Å². The minimum Gasteiger partial charge on any atom is -0.460 e. The van der Waals surface area contributed by atoms with Crippen molar-refractivity contribution >= 4 is 29.2 Å². The average Bonchev–Trinajstić information content (AvgIpc) is 3.10. The zero-order valence-corrected chi connectivity index (χ0v) is 10.6. The zero-order valence-electron chi connectivity index (χ0n) is 9.14. The summed E-state index contributed by atoms with van der Waals surface area (Å²) in [6.45, 7) is 0.0383. The first-order valence-electron chi connectivity index (χ1n) is 5.23. The highest BCUT2D eigenvalue weighted by molar-refractivity contribution is 6.42. The summed E-state index contributed by atoms with van der Waals surface area (Å²) in [7, 11) is 0. The third-order valence-electron chi connectivity index (χ3n) is 2.70. The summed E-state index contributed by atoms with van der Waals surface area (Å²) in [5.74, 6) is -1.15. The van der Waals surface area contributed by atoms with E-state index in [1.54, 1.807) is 18.2 Å². The van der Waals surface area contributed by atoms with E-state index in [0.717, 1.165) is 0 Å². The molecule has 1 aromatic carbocycles. The summed E-state index contributed by atoms with van der Waals surface area (Å²) >= 11 is 11.6. The lowest BCUT2D eigenvalue weighted by atomic mass is 10.2. The number of halogens is 2. The number of esters is 1. The molecule has 96 valence electrons. The van der Waals surface area contributed by atoms with Gasteiger partial charge in [-0.15, -0.1) is 0 Å². The molecule has 0 aromatic heterocycles. The molecule has 0 aliphatic heterocycles. The highest BCUT2D eigenvalue weighted by Gasteiger charge is 2.54. The van der Waals surface area contributed by atoms with Gasteiger partial charge in [0, 0.05) is 11.3 Å². The number of carbonyl (C=O) groups is 1. The van der Waals surface area contributed by atoms with E-state index < -0.39 is 22.9 Å². The highest BCUT2D eigenvalue weighted by atomic mass is 35.5. The summed E-state index contributed by atoms with van der Waals surface area (Å²) in [6, 6.07) is 4.09. The molecule has 7 heteroatoms. The van der Waals surface area contributed by atoms with Crippen LogP contribution in [0.25, 0.3) is 0 Å². The van der Waals surface area contributed by atoms with Crippen LogP contribution < -0.4 is 0 Å². The van der Waals surface area contributed by atoms with Crippen molar-refractivity contribution in [3.63, 3.8) is 0 Å². The molecule has 1 saturated carbocycles. The van der Waals surface area contributed by atoms with E-state index in [0.29, 0.717) is 15.6 Å². The maximum absolute atomic E-state index is 11.5. The van der Waals surface area contributed by atoms with Gasteiger partial charge in [-0.1, -0.05) is 29.3 Å². The molecule has 0 radical (unpaired) electrons. The molecular weight excluding hydrogens is 281 g/mol. The van der Waals surface area contributed by atoms with Gasteiger partial charge >= 0.3 is 5.97 Å². The number of benzene rings is 1. The lowest BCUT2D eigenvalue weighted by Crippen LogP contribution is -2.13. The average molecular weight is 290 g/mol. The Morgan fingerprint density at radius 2 is 2.17 bits per heavy atom. The Morgan fingerprint density at radius 1 is 1.44 bits per heavy atom. The van der Waals surface area contributed by atoms with E-state index >= 15 is 0 Å². The van der Waals surface area contributed by atoms with Crippen LogP contribution in [0.1, 0.15) is 12.0 Å². The van der Waals surface area contributed by atoms with Gasteiger partial charge in [0.2, 0.25) is 6.04 Å². The van der Waals surface area contributed by atoms with Crippen molar-refractivity contribution < 1.29 is 14.5 Å². The lowest BCUT2D eigenvalue weighted by molar-refractivity contribution is -0.497. The van der Waals surface area contributed by atoms with Gasteiger partial charge in [0.25, 0.3) is 0 Å². The Hall–Kier alpha value is -1.33. The fraction of sp³-hybridized carbons (Fsp3) is 0.364. The topological polar surface area (TPSA) is 69.4 Å². The Morgan fingerprint density at radius 3 is 2.72 bits per heavy atom. The van der Waals surface area contributed by atoms with Crippen LogP contribution in [0.4, 0.5) is 0 Å². The quantitative estimate of drug-likeness (QED) is 0.485. The van der Waals surface area contributed by atoms with Gasteiger partial charge in [0.05, 0.1) is 10.0 Å². The van der Waals surface area contributed by atoms with Crippen LogP contribution in [-0.4, -0.2) is 16.9 Å². The molecule has 0 saturated heterocycles. The Kier molecular flexibility index (Phi) is 3.73. The second-order valence-electron chi connectivity index (χ2n) is 4.05. The number of rotatable bonds is 4. The number of hydrogen-bond donors (Lipinski definition) is 0. The number of hydrogen-bond acceptors (Lipinski definition) is 4. The van der Waals surface area contributed by atoms with Crippen molar-refractivity contribution in [2.45, 2.75) is 19.1 Å². The molecule has 0 heterocycles. The monoisotopic (exact) mass is 289 g/mol. The standard InChI is InChI=1S/C11H9Cl2NO4/c12-8-2-1-6(3-9(8)13)5-18-11(15)7-4-10(7)14(16)17/h1-3,7,10H,4-5H2. The van der Waals surface area contributed by atoms with Crippen molar-refractivity contribution in [1.82, 2.24) is 0 Å². The van der Waals surface area contributed by atoms with Crippen LogP contribution in [-0.2, 0) is 16.1 Å². The summed E-state index contributed by atoms with van der Waals surface area (Å²) in [4.78, 5) is 21.4. The summed E-state index contributed by atoms with van der Waals surface area (Å²) in [5, 5.41) is 11.2. The van der Waals surface area contributed by atoms with Crippen molar-refractivity contribution in [3.8, 4) is 0 Å². The van der Waals surface area contributed by atoms with Crippen LogP contribution >= 0.6 is 23.2 Å². The first-order valence-corrected chi connectivity index (χ1v) is 5.98. The summed E-state index contributed by atoms with van der Waals surface area (Å²) in [6.07, 6.45) is 0.257. The van der Waals surface area contributed by atoms with Crippen LogP contribution in [0.15, 0.2) is 18.2 Å². The van der Waals surface area contributed by atoms with Crippen molar-refractivity contribution in [2.75, 3.05) is 0 Å². The van der Waals surface area contributed by atoms with E-state index in [1.165, 1.54) is 0 Å². The third kappa shape index (κ3) is 2.91. The number of ether oxygens (including phenoxy) is 1. The fourth-order valence-corrected chi connectivity index (χ4v) is 1.88. The molecule has 0 N–H and O–H groups in total. The minimum absolute atomic E-state index is 0.0383. The van der Waals surface area contributed by atoms with Gasteiger partial charge in [-0.05, 0) is 17.7 Å². The Balaban J connectivity index is 1.87. The van der Waals surface area contributed by atoms with E-state index in [1.807, 2.05) is 0 Å². The summed E-state index contributed by atoms with van der Waals surface area (Å²) < 4.78 is 4.98. The number of carbonyl (C=O) groups excluding carboxylic acids is 1. The zero-order chi connectivity index (χ0) is 13.3. The molecule has 5 nitrogen and oxygen atoms in total. The summed E-state index contributed by atoms with van der Waals surface area (Å²) in [5.41, 5.74) is 0.691. The second-order valence-corrected chi connectivity index (χ2v) is 4.87. The van der Waals surface area contributed by atoms with Crippen molar-refractivity contribution in [1.29, 1.82) is 0 Å². The molecule has 1 aromatic rings. The van der Waals surface area contributed by atoms with Crippen molar-refractivity contribution in [2.24, 2.45) is 5.92 Å². The largest absolute Gasteiger partial charge is 0.460 e. The number of nitro groups is 1. The van der Waals surface area contributed by atoms with Gasteiger partial charge in [0.15, 0.2) is 0 Å². The Labute approximate surface area is 113 Å². The molecule has 1 aliphatic rings.